The van der Waals surface area contributed by atoms with Crippen LogP contribution >= 0.6 is 0 Å². The van der Waals surface area contributed by atoms with Crippen LogP contribution in [0.1, 0.15) is 25.7 Å². The van der Waals surface area contributed by atoms with Gasteiger partial charge < -0.3 is 15.2 Å². The lowest BCUT2D eigenvalue weighted by molar-refractivity contribution is -0.118. The Morgan fingerprint density at radius 3 is 2.86 bits per heavy atom. The number of hydrogen-bond acceptors (Lipinski definition) is 6. The van der Waals surface area contributed by atoms with Gasteiger partial charge in [0.1, 0.15) is 11.6 Å². The summed E-state index contributed by atoms with van der Waals surface area (Å²) in [5.41, 5.74) is 6.31. The minimum atomic E-state index is -0.408. The van der Waals surface area contributed by atoms with Gasteiger partial charge >= 0.3 is 0 Å². The molecule has 1 fully saturated rings. The maximum Gasteiger partial charge on any atom is 0.259 e. The van der Waals surface area contributed by atoms with Crippen LogP contribution in [0.3, 0.4) is 0 Å². The number of benzene rings is 1. The summed E-state index contributed by atoms with van der Waals surface area (Å²) in [5, 5.41) is 3.86. The third-order valence-corrected chi connectivity index (χ3v) is 4.89. The molecule has 0 unspecified atom stereocenters. The predicted octanol–water partition coefficient (Wildman–Crippen LogP) is 3.17. The molecule has 3 aromatic rings. The van der Waals surface area contributed by atoms with Crippen LogP contribution in [0, 0.1) is 5.82 Å². The number of nitrogens with two attached hydrogens (primary N) is 1. The van der Waals surface area contributed by atoms with Gasteiger partial charge in [0.15, 0.2) is 0 Å². The number of rotatable bonds is 5. The van der Waals surface area contributed by atoms with Crippen LogP contribution in [0.2, 0.25) is 0 Å². The molecule has 1 saturated heterocycles. The van der Waals surface area contributed by atoms with Crippen molar-refractivity contribution in [1.29, 1.82) is 0 Å². The van der Waals surface area contributed by atoms with Crippen molar-refractivity contribution in [2.45, 2.75) is 31.7 Å². The molecule has 2 aromatic heterocycles. The van der Waals surface area contributed by atoms with Gasteiger partial charge in [0.25, 0.3) is 5.89 Å². The number of nitrogens with zero attached hydrogens (tertiary/aromatic N) is 4. The molecule has 2 N–H and O–H groups in total. The van der Waals surface area contributed by atoms with Gasteiger partial charge in [-0.25, -0.2) is 9.37 Å². The van der Waals surface area contributed by atoms with Gasteiger partial charge in [-0.2, -0.15) is 4.98 Å². The Balaban J connectivity index is 1.55. The van der Waals surface area contributed by atoms with E-state index >= 15 is 0 Å². The molecule has 0 bridgehead atoms. The Morgan fingerprint density at radius 1 is 1.25 bits per heavy atom. The minimum absolute atomic E-state index is 0.0701. The number of piperidine rings is 1. The third-order valence-electron chi connectivity index (χ3n) is 4.89. The third kappa shape index (κ3) is 3.71. The van der Waals surface area contributed by atoms with E-state index in [0.717, 1.165) is 31.6 Å². The fraction of sp³-hybridized carbons (Fsp3) is 0.300. The van der Waals surface area contributed by atoms with Crippen molar-refractivity contribution in [3.05, 3.63) is 48.4 Å². The van der Waals surface area contributed by atoms with Crippen LogP contribution in [0.25, 0.3) is 22.8 Å². The maximum absolute atomic E-state index is 13.9. The number of pyridine rings is 1. The minimum Gasteiger partial charge on any atom is -0.370 e. The summed E-state index contributed by atoms with van der Waals surface area (Å²) in [6, 6.07) is 10.0. The van der Waals surface area contributed by atoms with Crippen molar-refractivity contribution in [2.75, 3.05) is 11.4 Å². The van der Waals surface area contributed by atoms with Crippen molar-refractivity contribution < 1.29 is 13.7 Å². The number of anilines is 1. The summed E-state index contributed by atoms with van der Waals surface area (Å²) in [5.74, 6) is 0.525. The number of primary amides is 1. The van der Waals surface area contributed by atoms with Gasteiger partial charge in [0.05, 0.1) is 11.1 Å². The quantitative estimate of drug-likeness (QED) is 0.729. The summed E-state index contributed by atoms with van der Waals surface area (Å²) in [6.45, 7) is 0.836. The lowest BCUT2D eigenvalue weighted by atomic mass is 9.99. The number of amides is 1. The van der Waals surface area contributed by atoms with Crippen LogP contribution in [-0.4, -0.2) is 33.6 Å². The van der Waals surface area contributed by atoms with Crippen LogP contribution < -0.4 is 10.6 Å². The highest BCUT2D eigenvalue weighted by molar-refractivity contribution is 5.75. The van der Waals surface area contributed by atoms with Gasteiger partial charge in [0, 0.05) is 25.2 Å². The van der Waals surface area contributed by atoms with Crippen molar-refractivity contribution in [3.8, 4) is 22.8 Å². The number of hydrogen-bond donors (Lipinski definition) is 1. The van der Waals surface area contributed by atoms with E-state index in [1.165, 1.54) is 6.07 Å². The fourth-order valence-corrected chi connectivity index (χ4v) is 3.52. The Labute approximate surface area is 161 Å². The summed E-state index contributed by atoms with van der Waals surface area (Å²) < 4.78 is 19.2. The molecule has 0 aliphatic carbocycles. The molecule has 3 heterocycles. The zero-order valence-corrected chi connectivity index (χ0v) is 15.2. The first-order valence-electron chi connectivity index (χ1n) is 9.22. The van der Waals surface area contributed by atoms with E-state index in [1.54, 1.807) is 24.4 Å². The zero-order chi connectivity index (χ0) is 19.5. The molecule has 0 saturated carbocycles. The van der Waals surface area contributed by atoms with Gasteiger partial charge in [-0.05, 0) is 43.5 Å². The summed E-state index contributed by atoms with van der Waals surface area (Å²) in [7, 11) is 0. The van der Waals surface area contributed by atoms with Crippen LogP contribution in [0.15, 0.2) is 47.1 Å². The molecule has 7 nitrogen and oxygen atoms in total. The SMILES string of the molecule is NC(=O)C[C@H]1CCCCN1c1ccc(-c2nc(-c3ccccc3F)no2)cn1. The second-order valence-corrected chi connectivity index (χ2v) is 6.82. The normalized spacial score (nSPS) is 16.9. The van der Waals surface area contributed by atoms with Crippen molar-refractivity contribution in [3.63, 3.8) is 0 Å². The second kappa shape index (κ2) is 7.75. The molecule has 1 aromatic carbocycles. The lowest BCUT2D eigenvalue weighted by Gasteiger charge is -2.36. The van der Waals surface area contributed by atoms with E-state index in [9.17, 15) is 9.18 Å². The van der Waals surface area contributed by atoms with E-state index in [4.69, 9.17) is 10.3 Å². The highest BCUT2D eigenvalue weighted by atomic mass is 19.1. The van der Waals surface area contributed by atoms with Crippen molar-refractivity contribution in [1.82, 2.24) is 15.1 Å². The Morgan fingerprint density at radius 2 is 2.11 bits per heavy atom. The summed E-state index contributed by atoms with van der Waals surface area (Å²) in [4.78, 5) is 22.3. The molecule has 1 aliphatic rings. The van der Waals surface area contributed by atoms with Crippen molar-refractivity contribution >= 4 is 11.7 Å². The van der Waals surface area contributed by atoms with Crippen molar-refractivity contribution in [2.24, 2.45) is 5.73 Å². The predicted molar refractivity (Wildman–Crippen MR) is 102 cm³/mol. The molecule has 1 amide bonds. The number of aromatic nitrogens is 3. The average molecular weight is 381 g/mol. The molecule has 1 atom stereocenters. The van der Waals surface area contributed by atoms with Gasteiger partial charge in [-0.3, -0.25) is 4.79 Å². The van der Waals surface area contributed by atoms with Gasteiger partial charge in [-0.1, -0.05) is 17.3 Å². The topological polar surface area (TPSA) is 98.1 Å². The second-order valence-electron chi connectivity index (χ2n) is 6.82. The number of carbonyl (C=O) groups is 1. The number of halogens is 1. The standard InChI is InChI=1S/C20H20FN5O2/c21-16-7-2-1-6-15(16)19-24-20(28-25-19)13-8-9-18(23-12-13)26-10-4-3-5-14(26)11-17(22)27/h1-2,6-9,12,14H,3-5,10-11H2,(H2,22,27)/t14-/m1/s1. The molecule has 28 heavy (non-hydrogen) atoms. The first-order valence-corrected chi connectivity index (χ1v) is 9.22. The molecule has 0 radical (unpaired) electrons. The van der Waals surface area contributed by atoms with Crippen LogP contribution in [0.4, 0.5) is 10.2 Å². The van der Waals surface area contributed by atoms with Crippen LogP contribution in [-0.2, 0) is 4.79 Å². The van der Waals surface area contributed by atoms with Gasteiger partial charge in [-0.15, -0.1) is 0 Å². The molecule has 1 aliphatic heterocycles. The molecular formula is C20H20FN5O2. The average Bonchev–Trinajstić information content (AvgIpc) is 3.18. The summed E-state index contributed by atoms with van der Waals surface area (Å²) >= 11 is 0. The zero-order valence-electron chi connectivity index (χ0n) is 15.2. The molecule has 144 valence electrons. The first-order chi connectivity index (χ1) is 13.6. The maximum atomic E-state index is 13.9. The van der Waals surface area contributed by atoms with Crippen LogP contribution in [0.5, 0.6) is 0 Å². The fourth-order valence-electron chi connectivity index (χ4n) is 3.52. The first kappa shape index (κ1) is 18.1. The van der Waals surface area contributed by atoms with E-state index in [0.29, 0.717) is 12.0 Å². The van der Waals surface area contributed by atoms with E-state index in [2.05, 4.69) is 20.0 Å². The molecule has 0 spiro atoms. The smallest absolute Gasteiger partial charge is 0.259 e. The molecule has 4 rings (SSSR count). The lowest BCUT2D eigenvalue weighted by Crippen LogP contribution is -2.42. The van der Waals surface area contributed by atoms with E-state index in [-0.39, 0.29) is 29.2 Å². The largest absolute Gasteiger partial charge is 0.370 e. The highest BCUT2D eigenvalue weighted by Gasteiger charge is 2.25. The Hall–Kier alpha value is -3.29. The summed E-state index contributed by atoms with van der Waals surface area (Å²) in [6.07, 6.45) is 5.01. The number of carbonyl (C=O) groups excluding carboxylic acids is 1. The Bertz CT molecular complexity index is 973. The molecular weight excluding hydrogens is 361 g/mol. The van der Waals surface area contributed by atoms with Gasteiger partial charge in [0.2, 0.25) is 11.7 Å². The molecule has 8 heteroatoms. The van der Waals surface area contributed by atoms with E-state index in [1.807, 2.05) is 12.1 Å². The Kier molecular flexibility index (Phi) is 5.01. The highest BCUT2D eigenvalue weighted by Crippen LogP contribution is 2.28. The monoisotopic (exact) mass is 381 g/mol. The van der Waals surface area contributed by atoms with E-state index < -0.39 is 5.82 Å².